The van der Waals surface area contributed by atoms with E-state index in [2.05, 4.69) is 10.6 Å². The number of amides is 2. The number of carbonyl (C=O) groups is 2. The van der Waals surface area contributed by atoms with Crippen molar-refractivity contribution < 1.29 is 19.4 Å². The monoisotopic (exact) mass is 266 g/mol. The van der Waals surface area contributed by atoms with Crippen molar-refractivity contribution >= 4 is 17.7 Å². The lowest BCUT2D eigenvalue weighted by atomic mass is 10.2. The smallest absolute Gasteiger partial charge is 0.319 e. The van der Waals surface area contributed by atoms with Gasteiger partial charge in [0, 0.05) is 17.8 Å². The summed E-state index contributed by atoms with van der Waals surface area (Å²) in [5, 5.41) is 13.8. The average Bonchev–Trinajstić information content (AvgIpc) is 2.28. The van der Waals surface area contributed by atoms with Crippen LogP contribution in [0.5, 0.6) is 5.75 Å². The van der Waals surface area contributed by atoms with Crippen molar-refractivity contribution in [3.05, 3.63) is 24.3 Å². The topological polar surface area (TPSA) is 87.7 Å². The van der Waals surface area contributed by atoms with Crippen molar-refractivity contribution in [2.45, 2.75) is 26.3 Å². The molecule has 0 aliphatic carbocycles. The third-order valence-electron chi connectivity index (χ3n) is 2.26. The van der Waals surface area contributed by atoms with Crippen LogP contribution < -0.4 is 15.4 Å². The van der Waals surface area contributed by atoms with Crippen LogP contribution in [0.15, 0.2) is 24.3 Å². The molecule has 1 aromatic rings. The van der Waals surface area contributed by atoms with Gasteiger partial charge in [-0.2, -0.15) is 0 Å². The molecule has 0 heterocycles. The third kappa shape index (κ3) is 5.76. The zero-order valence-electron chi connectivity index (χ0n) is 11.0. The summed E-state index contributed by atoms with van der Waals surface area (Å²) in [4.78, 5) is 22.1. The molecule has 0 aliphatic heterocycles. The Bertz CT molecular complexity index is 448. The summed E-state index contributed by atoms with van der Waals surface area (Å²) in [7, 11) is 0. The van der Waals surface area contributed by atoms with Gasteiger partial charge in [-0.1, -0.05) is 6.07 Å². The molecule has 0 spiro atoms. The number of aliphatic carboxylic acids is 1. The van der Waals surface area contributed by atoms with Crippen molar-refractivity contribution in [1.29, 1.82) is 0 Å². The Kier molecular flexibility index (Phi) is 5.66. The fourth-order valence-electron chi connectivity index (χ4n) is 1.53. The van der Waals surface area contributed by atoms with Crippen LogP contribution in [-0.2, 0) is 4.79 Å². The molecule has 1 unspecified atom stereocenters. The molecule has 0 saturated heterocycles. The van der Waals surface area contributed by atoms with E-state index in [0.717, 1.165) is 0 Å². The summed E-state index contributed by atoms with van der Waals surface area (Å²) >= 11 is 0. The number of carboxylic acids is 1. The van der Waals surface area contributed by atoms with E-state index in [0.29, 0.717) is 18.0 Å². The predicted octanol–water partition coefficient (Wildman–Crippen LogP) is 2.07. The molecule has 6 nitrogen and oxygen atoms in total. The molecule has 0 fully saturated rings. The van der Waals surface area contributed by atoms with Crippen LogP contribution in [0.25, 0.3) is 0 Å². The van der Waals surface area contributed by atoms with E-state index >= 15 is 0 Å². The number of carbonyl (C=O) groups excluding carboxylic acids is 1. The highest BCUT2D eigenvalue weighted by Gasteiger charge is 2.10. The number of hydrogen-bond donors (Lipinski definition) is 3. The highest BCUT2D eigenvalue weighted by atomic mass is 16.5. The molecule has 0 bridgehead atoms. The van der Waals surface area contributed by atoms with Gasteiger partial charge in [-0.15, -0.1) is 0 Å². The molecule has 0 saturated carbocycles. The molecule has 1 atom stereocenters. The second-order valence-electron chi connectivity index (χ2n) is 4.06. The van der Waals surface area contributed by atoms with Gasteiger partial charge in [0.2, 0.25) is 0 Å². The van der Waals surface area contributed by atoms with Crippen LogP contribution in [0, 0.1) is 0 Å². The molecular formula is C13H18N2O4. The van der Waals surface area contributed by atoms with Crippen molar-refractivity contribution in [2.75, 3.05) is 11.9 Å². The highest BCUT2D eigenvalue weighted by Crippen LogP contribution is 2.17. The Labute approximate surface area is 111 Å². The number of ether oxygens (including phenoxy) is 1. The maximum Gasteiger partial charge on any atom is 0.319 e. The van der Waals surface area contributed by atoms with Crippen LogP contribution >= 0.6 is 0 Å². The van der Waals surface area contributed by atoms with E-state index in [-0.39, 0.29) is 6.42 Å². The lowest BCUT2D eigenvalue weighted by Crippen LogP contribution is -2.37. The van der Waals surface area contributed by atoms with Gasteiger partial charge >= 0.3 is 12.0 Å². The molecule has 1 aromatic carbocycles. The van der Waals surface area contributed by atoms with Gasteiger partial charge in [-0.3, -0.25) is 4.79 Å². The summed E-state index contributed by atoms with van der Waals surface area (Å²) in [5.74, 6) is -0.287. The standard InChI is InChI=1S/C13H18N2O4/c1-3-19-11-6-4-5-10(8-11)15-13(18)14-9(2)7-12(16)17/h4-6,8-9H,3,7H2,1-2H3,(H,16,17)(H2,14,15,18). The summed E-state index contributed by atoms with van der Waals surface area (Å²) in [6.07, 6.45) is -0.119. The van der Waals surface area contributed by atoms with Crippen molar-refractivity contribution in [3.63, 3.8) is 0 Å². The minimum atomic E-state index is -0.953. The minimum Gasteiger partial charge on any atom is -0.494 e. The van der Waals surface area contributed by atoms with Gasteiger partial charge in [0.1, 0.15) is 5.75 Å². The summed E-state index contributed by atoms with van der Waals surface area (Å²) in [6, 6.07) is 6.10. The minimum absolute atomic E-state index is 0.119. The summed E-state index contributed by atoms with van der Waals surface area (Å²) in [6.45, 7) is 4.05. The molecule has 6 heteroatoms. The van der Waals surface area contributed by atoms with E-state index in [1.807, 2.05) is 6.92 Å². The first-order chi connectivity index (χ1) is 9.01. The number of urea groups is 1. The largest absolute Gasteiger partial charge is 0.494 e. The van der Waals surface area contributed by atoms with Crippen LogP contribution in [0.4, 0.5) is 10.5 Å². The van der Waals surface area contributed by atoms with Crippen LogP contribution in [-0.4, -0.2) is 29.8 Å². The third-order valence-corrected chi connectivity index (χ3v) is 2.26. The van der Waals surface area contributed by atoms with Crippen LogP contribution in [0.3, 0.4) is 0 Å². The number of hydrogen-bond acceptors (Lipinski definition) is 3. The quantitative estimate of drug-likeness (QED) is 0.735. The van der Waals surface area contributed by atoms with E-state index in [1.165, 1.54) is 0 Å². The van der Waals surface area contributed by atoms with E-state index in [1.54, 1.807) is 31.2 Å². The SMILES string of the molecule is CCOc1cccc(NC(=O)NC(C)CC(=O)O)c1. The molecular weight excluding hydrogens is 248 g/mol. The van der Waals surface area contributed by atoms with Crippen molar-refractivity contribution in [1.82, 2.24) is 5.32 Å². The van der Waals surface area contributed by atoms with Crippen molar-refractivity contribution in [2.24, 2.45) is 0 Å². The Morgan fingerprint density at radius 1 is 1.42 bits per heavy atom. The maximum atomic E-state index is 11.6. The predicted molar refractivity (Wildman–Crippen MR) is 71.5 cm³/mol. The normalized spacial score (nSPS) is 11.5. The van der Waals surface area contributed by atoms with E-state index in [4.69, 9.17) is 9.84 Å². The average molecular weight is 266 g/mol. The lowest BCUT2D eigenvalue weighted by molar-refractivity contribution is -0.137. The van der Waals surface area contributed by atoms with Gasteiger partial charge in [0.05, 0.1) is 13.0 Å². The van der Waals surface area contributed by atoms with Gasteiger partial charge in [0.15, 0.2) is 0 Å². The molecule has 0 aliphatic rings. The second kappa shape index (κ2) is 7.25. The van der Waals surface area contributed by atoms with Crippen LogP contribution in [0.1, 0.15) is 20.3 Å². The highest BCUT2D eigenvalue weighted by molar-refractivity contribution is 5.89. The van der Waals surface area contributed by atoms with E-state index < -0.39 is 18.0 Å². The lowest BCUT2D eigenvalue weighted by Gasteiger charge is -2.13. The zero-order valence-corrected chi connectivity index (χ0v) is 11.0. The fraction of sp³-hybridized carbons (Fsp3) is 0.385. The number of anilines is 1. The van der Waals surface area contributed by atoms with Gasteiger partial charge < -0.3 is 20.5 Å². The van der Waals surface area contributed by atoms with Gasteiger partial charge in [-0.05, 0) is 26.0 Å². The molecule has 0 radical (unpaired) electrons. The van der Waals surface area contributed by atoms with E-state index in [9.17, 15) is 9.59 Å². The summed E-state index contributed by atoms with van der Waals surface area (Å²) < 4.78 is 5.31. The molecule has 19 heavy (non-hydrogen) atoms. The van der Waals surface area contributed by atoms with Crippen LogP contribution in [0.2, 0.25) is 0 Å². The molecule has 3 N–H and O–H groups in total. The first-order valence-electron chi connectivity index (χ1n) is 6.03. The Hall–Kier alpha value is -2.24. The molecule has 0 aromatic heterocycles. The van der Waals surface area contributed by atoms with Gasteiger partial charge in [-0.25, -0.2) is 4.79 Å². The number of carboxylic acid groups (broad SMARTS) is 1. The Morgan fingerprint density at radius 2 is 2.16 bits per heavy atom. The number of nitrogens with one attached hydrogen (secondary N) is 2. The zero-order chi connectivity index (χ0) is 14.3. The first kappa shape index (κ1) is 14.8. The Morgan fingerprint density at radius 3 is 2.79 bits per heavy atom. The second-order valence-corrected chi connectivity index (χ2v) is 4.06. The van der Waals surface area contributed by atoms with Crippen molar-refractivity contribution in [3.8, 4) is 5.75 Å². The molecule has 104 valence electrons. The maximum absolute atomic E-state index is 11.6. The fourth-order valence-corrected chi connectivity index (χ4v) is 1.53. The number of rotatable bonds is 6. The first-order valence-corrected chi connectivity index (χ1v) is 6.03. The Balaban J connectivity index is 2.52. The number of benzene rings is 1. The molecule has 1 rings (SSSR count). The van der Waals surface area contributed by atoms with Gasteiger partial charge in [0.25, 0.3) is 0 Å². The summed E-state index contributed by atoms with van der Waals surface area (Å²) in [5.41, 5.74) is 0.589. The molecule has 2 amide bonds.